The molecule has 2 aromatic carbocycles. The molecule has 0 aliphatic carbocycles. The van der Waals surface area contributed by atoms with Crippen LogP contribution in [-0.2, 0) is 6.54 Å². The standard InChI is InChI=1S/C34H34ClN7O2/c1-4-42-31-25(20-38-34(40-31)39-26-9-5-21(6-10-26)22-13-15-41(3)16-14-22)17-28(33(42)44)27-11-7-23(18-29(27)35)24-8-12-30(37-19-24)32(43)36-2/h5-12,17-20,22H,4,13-16H2,1-3H3,(H,36,43)(H,38,39,40). The maximum Gasteiger partial charge on any atom is 0.269 e. The number of amides is 1. The fourth-order valence-corrected chi connectivity index (χ4v) is 6.04. The normalized spacial score (nSPS) is 14.1. The molecule has 2 N–H and O–H groups in total. The van der Waals surface area contributed by atoms with Gasteiger partial charge in [0.15, 0.2) is 0 Å². The lowest BCUT2D eigenvalue weighted by molar-refractivity contribution is 0.0958. The van der Waals surface area contributed by atoms with Crippen molar-refractivity contribution in [2.24, 2.45) is 0 Å². The van der Waals surface area contributed by atoms with Gasteiger partial charge in [-0.2, -0.15) is 4.98 Å². The van der Waals surface area contributed by atoms with Crippen LogP contribution in [-0.4, -0.2) is 57.5 Å². The first-order chi connectivity index (χ1) is 21.3. The summed E-state index contributed by atoms with van der Waals surface area (Å²) in [5.41, 5.74) is 5.67. The second kappa shape index (κ2) is 12.6. The molecule has 1 saturated heterocycles. The van der Waals surface area contributed by atoms with E-state index in [4.69, 9.17) is 16.6 Å². The van der Waals surface area contributed by atoms with Gasteiger partial charge in [-0.1, -0.05) is 41.9 Å². The Bertz CT molecular complexity index is 1880. The Kier molecular flexibility index (Phi) is 8.41. The van der Waals surface area contributed by atoms with Crippen LogP contribution in [0.2, 0.25) is 5.02 Å². The number of aromatic nitrogens is 4. The van der Waals surface area contributed by atoms with Crippen molar-refractivity contribution in [3.05, 3.63) is 99.7 Å². The lowest BCUT2D eigenvalue weighted by Gasteiger charge is -2.29. The van der Waals surface area contributed by atoms with Crippen LogP contribution in [0.25, 0.3) is 33.3 Å². The lowest BCUT2D eigenvalue weighted by Crippen LogP contribution is -2.29. The Labute approximate surface area is 261 Å². The van der Waals surface area contributed by atoms with Crippen LogP contribution in [0, 0.1) is 0 Å². The van der Waals surface area contributed by atoms with Gasteiger partial charge >= 0.3 is 0 Å². The number of carbonyl (C=O) groups is 1. The summed E-state index contributed by atoms with van der Waals surface area (Å²) in [7, 11) is 3.74. The van der Waals surface area contributed by atoms with E-state index in [1.165, 1.54) is 18.4 Å². The average Bonchev–Trinajstić information content (AvgIpc) is 3.05. The number of piperidine rings is 1. The summed E-state index contributed by atoms with van der Waals surface area (Å²) in [5.74, 6) is 0.767. The van der Waals surface area contributed by atoms with Gasteiger partial charge in [0.1, 0.15) is 11.3 Å². The molecule has 1 aliphatic rings. The number of nitrogens with zero attached hydrogens (tertiary/aromatic N) is 5. The van der Waals surface area contributed by atoms with E-state index in [0.717, 1.165) is 35.3 Å². The van der Waals surface area contributed by atoms with E-state index in [2.05, 4.69) is 56.8 Å². The topological polar surface area (TPSA) is 105 Å². The van der Waals surface area contributed by atoms with Gasteiger partial charge in [-0.25, -0.2) is 4.98 Å². The molecule has 10 heteroatoms. The third kappa shape index (κ3) is 5.93. The van der Waals surface area contributed by atoms with Crippen molar-refractivity contribution in [2.45, 2.75) is 32.2 Å². The van der Waals surface area contributed by atoms with Crippen molar-refractivity contribution in [3.63, 3.8) is 0 Å². The van der Waals surface area contributed by atoms with E-state index in [1.807, 2.05) is 25.1 Å². The predicted octanol–water partition coefficient (Wildman–Crippen LogP) is 6.11. The Hall–Kier alpha value is -4.60. The zero-order valence-electron chi connectivity index (χ0n) is 25.0. The Morgan fingerprint density at radius 2 is 1.70 bits per heavy atom. The molecule has 4 heterocycles. The van der Waals surface area contributed by atoms with E-state index >= 15 is 0 Å². The van der Waals surface area contributed by atoms with E-state index in [9.17, 15) is 9.59 Å². The number of anilines is 2. The summed E-state index contributed by atoms with van der Waals surface area (Å²) >= 11 is 6.74. The van der Waals surface area contributed by atoms with Crippen LogP contribution < -0.4 is 16.2 Å². The van der Waals surface area contributed by atoms with Crippen molar-refractivity contribution in [3.8, 4) is 22.3 Å². The first-order valence-corrected chi connectivity index (χ1v) is 15.2. The number of benzene rings is 2. The number of likely N-dealkylation sites (tertiary alicyclic amines) is 1. The molecule has 1 fully saturated rings. The highest BCUT2D eigenvalue weighted by atomic mass is 35.5. The van der Waals surface area contributed by atoms with E-state index in [-0.39, 0.29) is 11.5 Å². The molecule has 9 nitrogen and oxygen atoms in total. The molecule has 0 spiro atoms. The minimum absolute atomic E-state index is 0.182. The second-order valence-corrected chi connectivity index (χ2v) is 11.5. The molecular weight excluding hydrogens is 574 g/mol. The van der Waals surface area contributed by atoms with Crippen molar-refractivity contribution in [1.82, 2.24) is 29.7 Å². The minimum atomic E-state index is -0.252. The third-order valence-corrected chi connectivity index (χ3v) is 8.63. The number of hydrogen-bond acceptors (Lipinski definition) is 7. The van der Waals surface area contributed by atoms with Gasteiger partial charge in [0.2, 0.25) is 5.95 Å². The van der Waals surface area contributed by atoms with Gasteiger partial charge in [0.25, 0.3) is 11.5 Å². The van der Waals surface area contributed by atoms with E-state index in [0.29, 0.717) is 45.9 Å². The molecule has 6 rings (SSSR count). The molecule has 0 atom stereocenters. The number of nitrogens with one attached hydrogen (secondary N) is 2. The van der Waals surface area contributed by atoms with Crippen LogP contribution >= 0.6 is 11.6 Å². The highest BCUT2D eigenvalue weighted by molar-refractivity contribution is 6.33. The van der Waals surface area contributed by atoms with Crippen molar-refractivity contribution < 1.29 is 4.79 Å². The fourth-order valence-electron chi connectivity index (χ4n) is 5.76. The highest BCUT2D eigenvalue weighted by Gasteiger charge is 2.19. The second-order valence-electron chi connectivity index (χ2n) is 11.1. The number of fused-ring (bicyclic) bond motifs is 1. The van der Waals surface area contributed by atoms with Gasteiger partial charge in [0.05, 0.1) is 0 Å². The first kappa shape index (κ1) is 29.5. The van der Waals surface area contributed by atoms with Crippen LogP contribution in [0.5, 0.6) is 0 Å². The summed E-state index contributed by atoms with van der Waals surface area (Å²) in [5, 5.41) is 7.03. The summed E-state index contributed by atoms with van der Waals surface area (Å²) < 4.78 is 1.65. The van der Waals surface area contributed by atoms with E-state index in [1.54, 1.807) is 42.2 Å². The lowest BCUT2D eigenvalue weighted by atomic mass is 9.89. The molecule has 0 radical (unpaired) electrons. The summed E-state index contributed by atoms with van der Waals surface area (Å²) in [6, 6.07) is 19.3. The van der Waals surface area contributed by atoms with Crippen LogP contribution in [0.4, 0.5) is 11.6 Å². The van der Waals surface area contributed by atoms with Gasteiger partial charge in [0, 0.05) is 58.8 Å². The number of rotatable bonds is 7. The monoisotopic (exact) mass is 607 g/mol. The summed E-state index contributed by atoms with van der Waals surface area (Å²) in [6.45, 7) is 4.61. The molecular formula is C34H34ClN7O2. The highest BCUT2D eigenvalue weighted by Crippen LogP contribution is 2.32. The number of hydrogen-bond donors (Lipinski definition) is 2. The maximum absolute atomic E-state index is 13.7. The molecule has 0 bridgehead atoms. The predicted molar refractivity (Wildman–Crippen MR) is 176 cm³/mol. The molecule has 5 aromatic rings. The quantitative estimate of drug-likeness (QED) is 0.230. The Morgan fingerprint density at radius 3 is 2.36 bits per heavy atom. The third-order valence-electron chi connectivity index (χ3n) is 8.32. The van der Waals surface area contributed by atoms with Crippen molar-refractivity contribution >= 4 is 40.2 Å². The molecule has 1 aliphatic heterocycles. The Balaban J connectivity index is 1.26. The van der Waals surface area contributed by atoms with Crippen molar-refractivity contribution in [2.75, 3.05) is 32.5 Å². The van der Waals surface area contributed by atoms with Gasteiger partial charge in [-0.3, -0.25) is 19.1 Å². The molecule has 224 valence electrons. The van der Waals surface area contributed by atoms with Gasteiger partial charge in [-0.15, -0.1) is 0 Å². The summed E-state index contributed by atoms with van der Waals surface area (Å²) in [4.78, 5) is 41.4. The zero-order valence-corrected chi connectivity index (χ0v) is 25.7. The van der Waals surface area contributed by atoms with Crippen LogP contribution in [0.3, 0.4) is 0 Å². The summed E-state index contributed by atoms with van der Waals surface area (Å²) in [6.07, 6.45) is 5.71. The molecule has 3 aromatic heterocycles. The number of aryl methyl sites for hydroxylation is 1. The van der Waals surface area contributed by atoms with Crippen LogP contribution in [0.15, 0.2) is 77.9 Å². The molecule has 0 unspecified atom stereocenters. The number of halogens is 1. The SMILES string of the molecule is CCn1c(=O)c(-c2ccc(-c3ccc(C(=O)NC)nc3)cc2Cl)cc2cnc(Nc3ccc(C4CCN(C)CC4)cc3)nc21. The maximum atomic E-state index is 13.7. The van der Waals surface area contributed by atoms with Crippen molar-refractivity contribution in [1.29, 1.82) is 0 Å². The average molecular weight is 608 g/mol. The number of pyridine rings is 2. The van der Waals surface area contributed by atoms with Crippen LogP contribution in [0.1, 0.15) is 41.7 Å². The van der Waals surface area contributed by atoms with Gasteiger partial charge < -0.3 is 15.5 Å². The first-order valence-electron chi connectivity index (χ1n) is 14.8. The molecule has 1 amide bonds. The molecule has 44 heavy (non-hydrogen) atoms. The molecule has 0 saturated carbocycles. The fraction of sp³-hybridized carbons (Fsp3) is 0.265. The number of carbonyl (C=O) groups excluding carboxylic acids is 1. The zero-order chi connectivity index (χ0) is 30.8. The largest absolute Gasteiger partial charge is 0.354 e. The van der Waals surface area contributed by atoms with E-state index < -0.39 is 0 Å². The van der Waals surface area contributed by atoms with Gasteiger partial charge in [-0.05, 0) is 87.3 Å². The Morgan fingerprint density at radius 1 is 0.955 bits per heavy atom. The minimum Gasteiger partial charge on any atom is -0.354 e. The smallest absolute Gasteiger partial charge is 0.269 e.